The molecule has 0 aromatic heterocycles. The van der Waals surface area contributed by atoms with Gasteiger partial charge in [-0.3, -0.25) is 9.59 Å². The molecule has 0 heterocycles. The van der Waals surface area contributed by atoms with Gasteiger partial charge in [0.15, 0.2) is 0 Å². The van der Waals surface area contributed by atoms with E-state index in [-0.39, 0.29) is 36.2 Å². The summed E-state index contributed by atoms with van der Waals surface area (Å²) in [5.74, 6) is 0.238. The van der Waals surface area contributed by atoms with Crippen molar-refractivity contribution in [2.45, 2.75) is 56.5 Å². The number of amides is 2. The van der Waals surface area contributed by atoms with Crippen LogP contribution < -0.4 is 10.1 Å². The average Bonchev–Trinajstić information content (AvgIpc) is 2.99. The van der Waals surface area contributed by atoms with Gasteiger partial charge >= 0.3 is 0 Å². The van der Waals surface area contributed by atoms with Gasteiger partial charge in [-0.15, -0.1) is 0 Å². The smallest absolute Gasteiger partial charge is 0.243 e. The number of hydrogen-bond acceptors (Lipinski definition) is 5. The summed E-state index contributed by atoms with van der Waals surface area (Å²) in [7, 11) is -0.567. The highest BCUT2D eigenvalue weighted by atomic mass is 32.2. The van der Waals surface area contributed by atoms with Gasteiger partial charge in [-0.05, 0) is 48.2 Å². The Kier molecular flexibility index (Phi) is 12.4. The maximum absolute atomic E-state index is 13.8. The molecule has 0 aliphatic heterocycles. The summed E-state index contributed by atoms with van der Waals surface area (Å²) in [4.78, 5) is 29.2. The van der Waals surface area contributed by atoms with E-state index in [0.717, 1.165) is 24.0 Å². The number of hydrogen-bond donors (Lipinski definition) is 1. The van der Waals surface area contributed by atoms with Gasteiger partial charge in [0.1, 0.15) is 11.8 Å². The predicted molar refractivity (Wildman–Crippen MR) is 161 cm³/mol. The molecule has 0 fully saturated rings. The second-order valence-corrected chi connectivity index (χ2v) is 12.0. The standard InChI is InChI=1S/C32H41N3O5S/c1-4-5-21-33-32(37)30(24-26-14-8-6-9-15-26)35(25-27-16-12-17-28(23-27)40-3)31(36)20-13-22-34(2)41(38,39)29-18-10-7-11-19-29/h6-12,14-19,23,30H,4-5,13,20-22,24-25H2,1-3H3,(H,33,37)/t30-/m1/s1. The largest absolute Gasteiger partial charge is 0.497 e. The monoisotopic (exact) mass is 579 g/mol. The van der Waals surface area contributed by atoms with Crippen molar-refractivity contribution in [3.63, 3.8) is 0 Å². The van der Waals surface area contributed by atoms with Crippen LogP contribution in [0.3, 0.4) is 0 Å². The first kappa shape index (κ1) is 31.8. The molecule has 1 N–H and O–H groups in total. The van der Waals surface area contributed by atoms with E-state index < -0.39 is 16.1 Å². The number of benzene rings is 3. The Morgan fingerprint density at radius 1 is 0.902 bits per heavy atom. The number of nitrogens with one attached hydrogen (secondary N) is 1. The van der Waals surface area contributed by atoms with E-state index in [1.54, 1.807) is 42.3 Å². The summed E-state index contributed by atoms with van der Waals surface area (Å²) >= 11 is 0. The molecule has 2 amide bonds. The second kappa shape index (κ2) is 15.9. The number of carbonyl (C=O) groups is 2. The van der Waals surface area contributed by atoms with E-state index in [0.29, 0.717) is 25.1 Å². The molecule has 3 aromatic carbocycles. The molecule has 0 aliphatic rings. The van der Waals surface area contributed by atoms with E-state index in [1.807, 2.05) is 54.6 Å². The van der Waals surface area contributed by atoms with Crippen molar-refractivity contribution in [3.05, 3.63) is 96.1 Å². The van der Waals surface area contributed by atoms with Crippen LogP contribution in [0.4, 0.5) is 0 Å². The van der Waals surface area contributed by atoms with Crippen molar-refractivity contribution in [2.75, 3.05) is 27.2 Å². The normalized spacial score (nSPS) is 12.1. The fourth-order valence-electron chi connectivity index (χ4n) is 4.52. The molecule has 220 valence electrons. The second-order valence-electron chi connectivity index (χ2n) is 9.97. The molecule has 0 radical (unpaired) electrons. The SMILES string of the molecule is CCCCNC(=O)[C@@H](Cc1ccccc1)N(Cc1cccc(OC)c1)C(=O)CCCN(C)S(=O)(=O)c1ccccc1. The van der Waals surface area contributed by atoms with E-state index >= 15 is 0 Å². The summed E-state index contributed by atoms with van der Waals surface area (Å²) in [5.41, 5.74) is 1.78. The Balaban J connectivity index is 1.83. The van der Waals surface area contributed by atoms with Gasteiger partial charge in [0.25, 0.3) is 0 Å². The fraction of sp³-hybridized carbons (Fsp3) is 0.375. The highest BCUT2D eigenvalue weighted by Gasteiger charge is 2.30. The molecule has 0 saturated carbocycles. The molecular weight excluding hydrogens is 538 g/mol. The molecular formula is C32H41N3O5S. The predicted octanol–water partition coefficient (Wildman–Crippen LogP) is 4.65. The van der Waals surface area contributed by atoms with Gasteiger partial charge in [0.05, 0.1) is 12.0 Å². The summed E-state index contributed by atoms with van der Waals surface area (Å²) in [6.07, 6.45) is 2.54. The third-order valence-corrected chi connectivity index (χ3v) is 8.77. The molecule has 0 aliphatic carbocycles. The van der Waals surface area contributed by atoms with Gasteiger partial charge < -0.3 is 15.0 Å². The zero-order valence-corrected chi connectivity index (χ0v) is 25.0. The van der Waals surface area contributed by atoms with Crippen LogP contribution >= 0.6 is 0 Å². The van der Waals surface area contributed by atoms with Crippen LogP contribution in [0, 0.1) is 0 Å². The molecule has 0 saturated heterocycles. The van der Waals surface area contributed by atoms with Crippen LogP contribution in [-0.4, -0.2) is 62.7 Å². The van der Waals surface area contributed by atoms with Crippen LogP contribution in [0.25, 0.3) is 0 Å². The molecule has 3 rings (SSSR count). The van der Waals surface area contributed by atoms with Crippen LogP contribution in [0.1, 0.15) is 43.7 Å². The Hall–Kier alpha value is -3.69. The average molecular weight is 580 g/mol. The molecule has 3 aromatic rings. The number of carbonyl (C=O) groups excluding carboxylic acids is 2. The lowest BCUT2D eigenvalue weighted by atomic mass is 10.0. The first-order valence-corrected chi connectivity index (χ1v) is 15.5. The summed E-state index contributed by atoms with van der Waals surface area (Å²) in [6.45, 7) is 2.97. The minimum absolute atomic E-state index is 0.0894. The molecule has 0 bridgehead atoms. The van der Waals surface area contributed by atoms with Gasteiger partial charge in [-0.1, -0.05) is 74.0 Å². The summed E-state index contributed by atoms with van der Waals surface area (Å²) in [6, 6.07) is 24.6. The van der Waals surface area contributed by atoms with Crippen molar-refractivity contribution in [2.24, 2.45) is 0 Å². The first-order valence-electron chi connectivity index (χ1n) is 14.0. The number of nitrogens with zero attached hydrogens (tertiary/aromatic N) is 2. The molecule has 1 atom stereocenters. The quantitative estimate of drug-likeness (QED) is 0.249. The topological polar surface area (TPSA) is 96.0 Å². The molecule has 41 heavy (non-hydrogen) atoms. The van der Waals surface area contributed by atoms with Crippen molar-refractivity contribution >= 4 is 21.8 Å². The van der Waals surface area contributed by atoms with E-state index in [9.17, 15) is 18.0 Å². The third-order valence-electron chi connectivity index (χ3n) is 6.90. The maximum Gasteiger partial charge on any atom is 0.243 e. The van der Waals surface area contributed by atoms with Gasteiger partial charge in [-0.2, -0.15) is 0 Å². The molecule has 0 unspecified atom stereocenters. The van der Waals surface area contributed by atoms with Crippen molar-refractivity contribution in [1.29, 1.82) is 0 Å². The number of sulfonamides is 1. The zero-order chi connectivity index (χ0) is 29.7. The fourth-order valence-corrected chi connectivity index (χ4v) is 5.75. The van der Waals surface area contributed by atoms with E-state index in [1.165, 1.54) is 11.4 Å². The van der Waals surface area contributed by atoms with Crippen LogP contribution in [0.5, 0.6) is 5.75 Å². The minimum atomic E-state index is -3.67. The summed E-state index contributed by atoms with van der Waals surface area (Å²) < 4.78 is 32.5. The van der Waals surface area contributed by atoms with Crippen LogP contribution in [-0.2, 0) is 32.6 Å². The minimum Gasteiger partial charge on any atom is -0.497 e. The first-order chi connectivity index (χ1) is 19.8. The number of methoxy groups -OCH3 is 1. The van der Waals surface area contributed by atoms with Crippen LogP contribution in [0.15, 0.2) is 89.8 Å². The number of ether oxygens (including phenoxy) is 1. The van der Waals surface area contributed by atoms with Gasteiger partial charge in [-0.25, -0.2) is 12.7 Å². The lowest BCUT2D eigenvalue weighted by molar-refractivity contribution is -0.141. The van der Waals surface area contributed by atoms with Crippen LogP contribution in [0.2, 0.25) is 0 Å². The summed E-state index contributed by atoms with van der Waals surface area (Å²) in [5, 5.41) is 3.01. The Labute approximate surface area is 244 Å². The van der Waals surface area contributed by atoms with Crippen molar-refractivity contribution < 1.29 is 22.7 Å². The van der Waals surface area contributed by atoms with E-state index in [4.69, 9.17) is 4.74 Å². The molecule has 8 nitrogen and oxygen atoms in total. The highest BCUT2D eigenvalue weighted by Crippen LogP contribution is 2.20. The van der Waals surface area contributed by atoms with Crippen molar-refractivity contribution in [1.82, 2.24) is 14.5 Å². The zero-order valence-electron chi connectivity index (χ0n) is 24.2. The van der Waals surface area contributed by atoms with Gasteiger partial charge in [0.2, 0.25) is 21.8 Å². The lowest BCUT2D eigenvalue weighted by Crippen LogP contribution is -2.50. The number of rotatable bonds is 16. The highest BCUT2D eigenvalue weighted by molar-refractivity contribution is 7.89. The van der Waals surface area contributed by atoms with Crippen molar-refractivity contribution in [3.8, 4) is 5.75 Å². The molecule has 0 spiro atoms. The van der Waals surface area contributed by atoms with Gasteiger partial charge in [0, 0.05) is 39.5 Å². The Morgan fingerprint density at radius 2 is 1.56 bits per heavy atom. The Morgan fingerprint density at radius 3 is 2.22 bits per heavy atom. The third kappa shape index (κ3) is 9.43. The van der Waals surface area contributed by atoms with E-state index in [2.05, 4.69) is 12.2 Å². The maximum atomic E-state index is 13.8. The Bertz CT molecular complexity index is 1350. The lowest BCUT2D eigenvalue weighted by Gasteiger charge is -2.32. The number of unbranched alkanes of at least 4 members (excludes halogenated alkanes) is 1. The molecule has 9 heteroatoms.